The van der Waals surface area contributed by atoms with E-state index in [9.17, 15) is 4.79 Å². The van der Waals surface area contributed by atoms with Gasteiger partial charge in [0.1, 0.15) is 0 Å². The molecule has 0 unspecified atom stereocenters. The Labute approximate surface area is 158 Å². The van der Waals surface area contributed by atoms with Gasteiger partial charge in [-0.2, -0.15) is 0 Å². The molecule has 1 heterocycles. The molecule has 1 amide bonds. The molecule has 0 bridgehead atoms. The number of carbonyl (C=O) groups excluding carboxylic acids is 1. The van der Waals surface area contributed by atoms with Gasteiger partial charge in [0.2, 0.25) is 5.91 Å². The minimum atomic E-state index is -0.137. The second kappa shape index (κ2) is 11.1. The number of piperidine rings is 1. The van der Waals surface area contributed by atoms with E-state index in [2.05, 4.69) is 41.3 Å². The fraction of sp³-hybridized carbons (Fsp3) is 0.875. The molecule has 0 saturated carbocycles. The van der Waals surface area contributed by atoms with E-state index in [0.717, 1.165) is 57.8 Å². The highest BCUT2D eigenvalue weighted by Crippen LogP contribution is 2.16. The lowest BCUT2D eigenvalue weighted by Gasteiger charge is -2.30. The van der Waals surface area contributed by atoms with E-state index < -0.39 is 0 Å². The molecule has 0 aromatic heterocycles. The molecule has 0 aromatic carbocycles. The van der Waals surface area contributed by atoms with Crippen LogP contribution in [-0.2, 0) is 4.79 Å². The van der Waals surface area contributed by atoms with Crippen molar-refractivity contribution in [2.75, 3.05) is 33.2 Å². The van der Waals surface area contributed by atoms with Crippen LogP contribution in [0.2, 0.25) is 0 Å². The van der Waals surface area contributed by atoms with E-state index in [1.807, 2.05) is 0 Å². The minimum absolute atomic E-state index is 0. The van der Waals surface area contributed by atoms with Crippen molar-refractivity contribution in [3.8, 4) is 0 Å². The average Bonchev–Trinajstić information content (AvgIpc) is 2.45. The van der Waals surface area contributed by atoms with Crippen LogP contribution in [0.15, 0.2) is 4.99 Å². The topological polar surface area (TPSA) is 82.8 Å². The van der Waals surface area contributed by atoms with Crippen LogP contribution in [0.1, 0.15) is 46.5 Å². The molecule has 136 valence electrons. The van der Waals surface area contributed by atoms with Gasteiger partial charge in [-0.15, -0.1) is 24.0 Å². The van der Waals surface area contributed by atoms with Gasteiger partial charge in [0.05, 0.1) is 0 Å². The number of hydrogen-bond donors (Lipinski definition) is 3. The summed E-state index contributed by atoms with van der Waals surface area (Å²) in [7, 11) is 1.80. The van der Waals surface area contributed by atoms with E-state index in [1.54, 1.807) is 7.05 Å². The first-order valence-electron chi connectivity index (χ1n) is 8.32. The van der Waals surface area contributed by atoms with Crippen molar-refractivity contribution in [3.05, 3.63) is 0 Å². The largest absolute Gasteiger partial charge is 0.369 e. The monoisotopic (exact) mass is 439 g/mol. The molecule has 1 saturated heterocycles. The maximum Gasteiger partial charge on any atom is 0.220 e. The van der Waals surface area contributed by atoms with Gasteiger partial charge < -0.3 is 21.3 Å². The fourth-order valence-electron chi connectivity index (χ4n) is 2.64. The van der Waals surface area contributed by atoms with Crippen molar-refractivity contribution >= 4 is 35.8 Å². The predicted molar refractivity (Wildman–Crippen MR) is 107 cm³/mol. The molecule has 1 aliphatic heterocycles. The minimum Gasteiger partial charge on any atom is -0.369 e. The summed E-state index contributed by atoms with van der Waals surface area (Å²) in [6, 6.07) is 0. The number of hydrogen-bond acceptors (Lipinski definition) is 3. The Morgan fingerprint density at radius 2 is 1.87 bits per heavy atom. The van der Waals surface area contributed by atoms with Crippen molar-refractivity contribution in [2.45, 2.75) is 52.0 Å². The molecule has 1 rings (SSSR count). The summed E-state index contributed by atoms with van der Waals surface area (Å²) in [5.41, 5.74) is 5.38. The molecule has 23 heavy (non-hydrogen) atoms. The number of nitrogens with two attached hydrogens (primary N) is 1. The molecule has 7 heteroatoms. The van der Waals surface area contributed by atoms with Crippen LogP contribution >= 0.6 is 24.0 Å². The Hall–Kier alpha value is -0.570. The molecule has 4 N–H and O–H groups in total. The highest BCUT2D eigenvalue weighted by atomic mass is 127. The summed E-state index contributed by atoms with van der Waals surface area (Å²) < 4.78 is 0. The van der Waals surface area contributed by atoms with Gasteiger partial charge in [-0.05, 0) is 66.1 Å². The Kier molecular flexibility index (Phi) is 10.8. The van der Waals surface area contributed by atoms with E-state index in [0.29, 0.717) is 0 Å². The van der Waals surface area contributed by atoms with Gasteiger partial charge in [0, 0.05) is 25.0 Å². The zero-order chi connectivity index (χ0) is 16.6. The second-order valence-electron chi connectivity index (χ2n) is 7.10. The summed E-state index contributed by atoms with van der Waals surface area (Å²) in [5.74, 6) is 0.807. The lowest BCUT2D eigenvalue weighted by atomic mass is 9.96. The van der Waals surface area contributed by atoms with Crippen LogP contribution in [0.25, 0.3) is 0 Å². The Morgan fingerprint density at radius 1 is 1.26 bits per heavy atom. The summed E-state index contributed by atoms with van der Waals surface area (Å²) in [6.45, 7) is 10.4. The normalized spacial score (nSPS) is 17.5. The zero-order valence-electron chi connectivity index (χ0n) is 15.0. The summed E-state index contributed by atoms with van der Waals surface area (Å²) in [5, 5.41) is 6.69. The molecule has 6 nitrogen and oxygen atoms in total. The van der Waals surface area contributed by atoms with Gasteiger partial charge in [-0.3, -0.25) is 9.79 Å². The molecule has 0 radical (unpaired) electrons. The molecule has 0 atom stereocenters. The lowest BCUT2D eigenvalue weighted by Crippen LogP contribution is -2.47. The molecule has 0 aliphatic carbocycles. The van der Waals surface area contributed by atoms with Crippen molar-refractivity contribution < 1.29 is 4.79 Å². The van der Waals surface area contributed by atoms with Crippen LogP contribution in [0, 0.1) is 5.92 Å². The smallest absolute Gasteiger partial charge is 0.220 e. The van der Waals surface area contributed by atoms with Crippen LogP contribution in [0.4, 0.5) is 0 Å². The summed E-state index contributed by atoms with van der Waals surface area (Å²) in [6.07, 6.45) is 4.09. The predicted octanol–water partition coefficient (Wildman–Crippen LogP) is 1.55. The number of unbranched alkanes of at least 4 members (excludes halogenated alkanes) is 1. The highest BCUT2D eigenvalue weighted by Gasteiger charge is 2.22. The van der Waals surface area contributed by atoms with E-state index in [4.69, 9.17) is 5.73 Å². The first-order chi connectivity index (χ1) is 10.3. The lowest BCUT2D eigenvalue weighted by molar-refractivity contribution is -0.123. The summed E-state index contributed by atoms with van der Waals surface area (Å²) in [4.78, 5) is 17.8. The van der Waals surface area contributed by atoms with E-state index >= 15 is 0 Å². The quantitative estimate of drug-likeness (QED) is 0.254. The average molecular weight is 439 g/mol. The number of guanidine groups is 1. The summed E-state index contributed by atoms with van der Waals surface area (Å²) >= 11 is 0. The van der Waals surface area contributed by atoms with E-state index in [1.165, 1.54) is 0 Å². The number of primary amides is 1. The number of likely N-dealkylation sites (tertiary alicyclic amines) is 1. The van der Waals surface area contributed by atoms with Crippen LogP contribution in [0.3, 0.4) is 0 Å². The van der Waals surface area contributed by atoms with Gasteiger partial charge in [0.15, 0.2) is 5.96 Å². The standard InChI is InChI=1S/C16H33N5O.HI/c1-16(2,3)20-15(18-4)19-9-5-6-10-21-11-7-13(8-12-21)14(17)22;/h13H,5-12H2,1-4H3,(H2,17,22)(H2,18,19,20);1H. The highest BCUT2D eigenvalue weighted by molar-refractivity contribution is 14.0. The van der Waals surface area contributed by atoms with Crippen molar-refractivity contribution in [2.24, 2.45) is 16.6 Å². The third-order valence-corrected chi connectivity index (χ3v) is 3.90. The Bertz CT molecular complexity index is 373. The van der Waals surface area contributed by atoms with Crippen LogP contribution < -0.4 is 16.4 Å². The van der Waals surface area contributed by atoms with Crippen molar-refractivity contribution in [3.63, 3.8) is 0 Å². The maximum atomic E-state index is 11.1. The molecule has 0 aromatic rings. The molecule has 0 spiro atoms. The van der Waals surface area contributed by atoms with Gasteiger partial charge >= 0.3 is 0 Å². The third kappa shape index (κ3) is 10.0. The number of nitrogens with zero attached hydrogens (tertiary/aromatic N) is 2. The Morgan fingerprint density at radius 3 is 2.35 bits per heavy atom. The Balaban J connectivity index is 0.00000484. The SMILES string of the molecule is CN=C(NCCCCN1CCC(C(N)=O)CC1)NC(C)(C)C.I. The number of nitrogens with one attached hydrogen (secondary N) is 2. The third-order valence-electron chi connectivity index (χ3n) is 3.90. The number of aliphatic imine (C=N–C) groups is 1. The number of rotatable bonds is 6. The molecule has 1 fully saturated rings. The number of halogens is 1. The van der Waals surface area contributed by atoms with Gasteiger partial charge in [-0.1, -0.05) is 0 Å². The van der Waals surface area contributed by atoms with Gasteiger partial charge in [0.25, 0.3) is 0 Å². The molecular weight excluding hydrogens is 405 g/mol. The molecular formula is C16H34IN5O. The van der Waals surface area contributed by atoms with Gasteiger partial charge in [-0.25, -0.2) is 0 Å². The van der Waals surface area contributed by atoms with Crippen LogP contribution in [-0.4, -0.2) is 55.5 Å². The zero-order valence-corrected chi connectivity index (χ0v) is 17.4. The second-order valence-corrected chi connectivity index (χ2v) is 7.10. The first-order valence-corrected chi connectivity index (χ1v) is 8.32. The molecule has 1 aliphatic rings. The first kappa shape index (κ1) is 22.4. The van der Waals surface area contributed by atoms with E-state index in [-0.39, 0.29) is 41.3 Å². The number of amides is 1. The van der Waals surface area contributed by atoms with Crippen molar-refractivity contribution in [1.29, 1.82) is 0 Å². The number of carbonyl (C=O) groups is 1. The maximum absolute atomic E-state index is 11.1. The van der Waals surface area contributed by atoms with Crippen LogP contribution in [0.5, 0.6) is 0 Å². The van der Waals surface area contributed by atoms with Crippen molar-refractivity contribution in [1.82, 2.24) is 15.5 Å². The fourth-order valence-corrected chi connectivity index (χ4v) is 2.64.